The molecule has 3 aromatic heterocycles. The average Bonchev–Trinajstić information content (AvgIpc) is 2.85. The Hall–Kier alpha value is -4.57. The van der Waals surface area contributed by atoms with Crippen LogP contribution in [-0.2, 0) is 6.54 Å². The molecule has 0 spiro atoms. The molecule has 0 saturated heterocycles. The zero-order valence-electron chi connectivity index (χ0n) is 18.1. The Balaban J connectivity index is 1.58. The van der Waals surface area contributed by atoms with E-state index in [4.69, 9.17) is 22.1 Å². The number of carbonyl (C=O) groups excluding carboxylic acids is 1. The molecule has 1 amide bonds. The number of aromatic nitrogens is 4. The second-order valence-corrected chi connectivity index (χ2v) is 7.57. The van der Waals surface area contributed by atoms with Gasteiger partial charge in [-0.1, -0.05) is 17.7 Å². The van der Waals surface area contributed by atoms with Crippen molar-refractivity contribution in [3.63, 3.8) is 0 Å². The summed E-state index contributed by atoms with van der Waals surface area (Å²) in [4.78, 5) is 34.0. The molecule has 0 aliphatic rings. The maximum absolute atomic E-state index is 13.3. The van der Waals surface area contributed by atoms with Crippen molar-refractivity contribution in [1.29, 1.82) is 0 Å². The van der Waals surface area contributed by atoms with Gasteiger partial charge in [0.05, 0.1) is 18.4 Å². The largest absolute Gasteiger partial charge is 0.437 e. The van der Waals surface area contributed by atoms with Crippen molar-refractivity contribution in [2.45, 2.75) is 6.54 Å². The van der Waals surface area contributed by atoms with E-state index < -0.39 is 17.2 Å². The Kier molecular flexibility index (Phi) is 6.83. The van der Waals surface area contributed by atoms with Crippen LogP contribution < -0.4 is 21.2 Å². The molecular weight excluding hydrogens is 475 g/mol. The van der Waals surface area contributed by atoms with Crippen LogP contribution in [0.2, 0.25) is 5.02 Å². The zero-order chi connectivity index (χ0) is 24.9. The van der Waals surface area contributed by atoms with E-state index in [9.17, 15) is 14.0 Å². The molecule has 0 unspecified atom stereocenters. The first-order valence-corrected chi connectivity index (χ1v) is 10.6. The molecule has 0 aliphatic carbocycles. The summed E-state index contributed by atoms with van der Waals surface area (Å²) in [5.74, 6) is -0.530. The maximum Gasteiger partial charge on any atom is 0.261 e. The number of benzene rings is 1. The van der Waals surface area contributed by atoms with Crippen LogP contribution in [0.1, 0.15) is 10.4 Å². The maximum atomic E-state index is 13.3. The van der Waals surface area contributed by atoms with E-state index in [1.54, 1.807) is 12.1 Å². The van der Waals surface area contributed by atoms with E-state index in [0.717, 1.165) is 0 Å². The Morgan fingerprint density at radius 3 is 2.66 bits per heavy atom. The van der Waals surface area contributed by atoms with Crippen LogP contribution in [0.5, 0.6) is 11.6 Å². The summed E-state index contributed by atoms with van der Waals surface area (Å²) in [6.45, 7) is 3.91. The summed E-state index contributed by atoms with van der Waals surface area (Å²) in [5.41, 5.74) is 5.61. The van der Waals surface area contributed by atoms with Crippen LogP contribution in [0.3, 0.4) is 0 Å². The van der Waals surface area contributed by atoms with Gasteiger partial charge in [-0.05, 0) is 30.3 Å². The van der Waals surface area contributed by atoms with Crippen LogP contribution in [0, 0.1) is 5.82 Å². The molecule has 0 saturated carbocycles. The number of nitrogens with zero attached hydrogens (tertiary/aromatic N) is 4. The van der Waals surface area contributed by atoms with Gasteiger partial charge in [-0.3, -0.25) is 14.3 Å². The summed E-state index contributed by atoms with van der Waals surface area (Å²) in [6.07, 6.45) is 5.70. The van der Waals surface area contributed by atoms with Gasteiger partial charge in [0.1, 0.15) is 27.9 Å². The summed E-state index contributed by atoms with van der Waals surface area (Å²) in [5, 5.41) is 7.03. The van der Waals surface area contributed by atoms with E-state index >= 15 is 0 Å². The number of anilines is 2. The Morgan fingerprint density at radius 2 is 1.97 bits per heavy atom. The van der Waals surface area contributed by atoms with Gasteiger partial charge in [-0.2, -0.15) is 5.10 Å². The highest BCUT2D eigenvalue weighted by Crippen LogP contribution is 2.31. The first-order chi connectivity index (χ1) is 16.9. The molecule has 9 nitrogen and oxygen atoms in total. The monoisotopic (exact) mass is 492 g/mol. The van der Waals surface area contributed by atoms with Crippen molar-refractivity contribution in [1.82, 2.24) is 19.7 Å². The number of rotatable bonds is 7. The Morgan fingerprint density at radius 1 is 1.20 bits per heavy atom. The average molecular weight is 493 g/mol. The minimum absolute atomic E-state index is 0.00914. The number of nitrogen functional groups attached to an aromatic ring is 1. The van der Waals surface area contributed by atoms with Gasteiger partial charge in [0.15, 0.2) is 5.75 Å². The number of pyridine rings is 2. The minimum atomic E-state index is -0.668. The van der Waals surface area contributed by atoms with Crippen molar-refractivity contribution in [2.75, 3.05) is 11.1 Å². The van der Waals surface area contributed by atoms with Crippen LogP contribution >= 0.6 is 11.6 Å². The first-order valence-electron chi connectivity index (χ1n) is 10.2. The number of allylic oxidation sites excluding steroid dienone is 1. The SMILES string of the molecule is C=CCn1cc(C(=O)Nc2ccc(Oc3ccnc(N)c3Cl)nc2)c(=O)c(-c2ccc(F)cc2)n1. The van der Waals surface area contributed by atoms with Crippen LogP contribution in [0.15, 0.2) is 78.5 Å². The topological polar surface area (TPSA) is 125 Å². The lowest BCUT2D eigenvalue weighted by molar-refractivity contribution is 0.102. The fraction of sp³-hybridized carbons (Fsp3) is 0.0417. The van der Waals surface area contributed by atoms with Crippen molar-refractivity contribution in [2.24, 2.45) is 0 Å². The van der Waals surface area contributed by atoms with Gasteiger partial charge in [-0.25, -0.2) is 14.4 Å². The lowest BCUT2D eigenvalue weighted by Crippen LogP contribution is -2.26. The number of halogens is 2. The number of hydrogen-bond acceptors (Lipinski definition) is 7. The van der Waals surface area contributed by atoms with Gasteiger partial charge in [0.25, 0.3) is 5.91 Å². The summed E-state index contributed by atoms with van der Waals surface area (Å²) in [6, 6.07) is 9.85. The van der Waals surface area contributed by atoms with E-state index in [-0.39, 0.29) is 40.3 Å². The molecule has 0 radical (unpaired) electrons. The fourth-order valence-corrected chi connectivity index (χ4v) is 3.22. The van der Waals surface area contributed by atoms with Gasteiger partial charge >= 0.3 is 0 Å². The van der Waals surface area contributed by atoms with Crippen LogP contribution in [0.4, 0.5) is 15.9 Å². The summed E-state index contributed by atoms with van der Waals surface area (Å²) >= 11 is 6.07. The van der Waals surface area contributed by atoms with E-state index in [2.05, 4.69) is 27.0 Å². The van der Waals surface area contributed by atoms with Crippen molar-refractivity contribution in [3.8, 4) is 22.9 Å². The van der Waals surface area contributed by atoms with Crippen LogP contribution in [-0.4, -0.2) is 25.7 Å². The highest BCUT2D eigenvalue weighted by atomic mass is 35.5. The summed E-state index contributed by atoms with van der Waals surface area (Å²) in [7, 11) is 0. The standard InChI is InChI=1S/C24H18ClFN6O3/c1-2-11-32-13-17(22(33)21(31-32)14-3-5-15(26)6-4-14)24(34)30-16-7-8-19(29-12-16)35-18-9-10-28-23(27)20(18)25/h2-10,12-13H,1,11H2,(H2,27,28)(H,30,34). The molecule has 0 aliphatic heterocycles. The van der Waals surface area contributed by atoms with Crippen molar-refractivity contribution >= 4 is 29.0 Å². The second-order valence-electron chi connectivity index (χ2n) is 7.19. The highest BCUT2D eigenvalue weighted by molar-refractivity contribution is 6.34. The van der Waals surface area contributed by atoms with E-state index in [1.807, 2.05) is 0 Å². The lowest BCUT2D eigenvalue weighted by Gasteiger charge is -2.11. The lowest BCUT2D eigenvalue weighted by atomic mass is 10.1. The molecular formula is C24H18ClFN6O3. The molecule has 4 aromatic rings. The number of amides is 1. The fourth-order valence-electron chi connectivity index (χ4n) is 3.07. The smallest absolute Gasteiger partial charge is 0.261 e. The number of ether oxygens (including phenoxy) is 1. The number of carbonyl (C=O) groups is 1. The molecule has 0 atom stereocenters. The van der Waals surface area contributed by atoms with Gasteiger partial charge in [0.2, 0.25) is 11.3 Å². The number of hydrogen-bond donors (Lipinski definition) is 2. The molecule has 3 N–H and O–H groups in total. The van der Waals surface area contributed by atoms with Gasteiger partial charge < -0.3 is 15.8 Å². The third kappa shape index (κ3) is 5.33. The number of nitrogens with one attached hydrogen (secondary N) is 1. The highest BCUT2D eigenvalue weighted by Gasteiger charge is 2.18. The quantitative estimate of drug-likeness (QED) is 0.368. The van der Waals surface area contributed by atoms with E-state index in [1.165, 1.54) is 59.7 Å². The van der Waals surface area contributed by atoms with Gasteiger partial charge in [0, 0.05) is 30.1 Å². The minimum Gasteiger partial charge on any atom is -0.437 e. The molecule has 1 aromatic carbocycles. The summed E-state index contributed by atoms with van der Waals surface area (Å²) < 4.78 is 20.3. The normalized spacial score (nSPS) is 10.6. The van der Waals surface area contributed by atoms with E-state index in [0.29, 0.717) is 11.3 Å². The second kappa shape index (κ2) is 10.1. The van der Waals surface area contributed by atoms with Crippen LogP contribution in [0.25, 0.3) is 11.3 Å². The molecule has 3 heterocycles. The Labute approximate surface area is 203 Å². The Bertz CT molecular complexity index is 1460. The zero-order valence-corrected chi connectivity index (χ0v) is 18.9. The molecule has 0 bridgehead atoms. The van der Waals surface area contributed by atoms with Gasteiger partial charge in [-0.15, -0.1) is 6.58 Å². The predicted molar refractivity (Wildman–Crippen MR) is 130 cm³/mol. The molecule has 11 heteroatoms. The predicted octanol–water partition coefficient (Wildman–Crippen LogP) is 4.31. The van der Waals surface area contributed by atoms with Crippen molar-refractivity contribution < 1.29 is 13.9 Å². The third-order valence-corrected chi connectivity index (χ3v) is 5.11. The van der Waals surface area contributed by atoms with Crippen molar-refractivity contribution in [3.05, 3.63) is 100 Å². The molecule has 35 heavy (non-hydrogen) atoms. The first kappa shape index (κ1) is 23.6. The molecule has 176 valence electrons. The third-order valence-electron chi connectivity index (χ3n) is 4.73. The molecule has 4 rings (SSSR count). The molecule has 0 fully saturated rings. The number of nitrogens with two attached hydrogens (primary N) is 1.